The second-order valence-electron chi connectivity index (χ2n) is 9.37. The quantitative estimate of drug-likeness (QED) is 0.371. The minimum absolute atomic E-state index is 0.190. The van der Waals surface area contributed by atoms with Crippen molar-refractivity contribution < 1.29 is 26.4 Å². The predicted molar refractivity (Wildman–Crippen MR) is 150 cm³/mol. The van der Waals surface area contributed by atoms with Gasteiger partial charge in [0.25, 0.3) is 15.9 Å². The van der Waals surface area contributed by atoms with Gasteiger partial charge in [-0.05, 0) is 80.4 Å². The molecule has 4 rings (SSSR count). The van der Waals surface area contributed by atoms with Crippen molar-refractivity contribution in [3.8, 4) is 5.75 Å². The molecular formula is C28H33N3O6S2. The van der Waals surface area contributed by atoms with Crippen LogP contribution in [0.15, 0.2) is 82.6 Å². The molecule has 1 heterocycles. The Hall–Kier alpha value is -3.41. The first-order valence-corrected chi connectivity index (χ1v) is 15.6. The maximum Gasteiger partial charge on any atom is 0.264 e. The standard InChI is InChI=1S/C28H33N3O6S2/c1-22-6-14-26(15-7-22)38(33,34)30(2)24-10-8-23(9-11-24)28(32)29-18-21-37-25-12-16-27(17-13-25)39(35,36)31-19-4-3-5-20-31/h6-17H,3-5,18-21H2,1-2H3,(H,29,32). The lowest BCUT2D eigenvalue weighted by Crippen LogP contribution is -2.35. The summed E-state index contributed by atoms with van der Waals surface area (Å²) in [5, 5.41) is 2.76. The van der Waals surface area contributed by atoms with Crippen molar-refractivity contribution in [1.29, 1.82) is 0 Å². The first-order valence-electron chi connectivity index (χ1n) is 12.8. The predicted octanol–water partition coefficient (Wildman–Crippen LogP) is 3.80. The van der Waals surface area contributed by atoms with Gasteiger partial charge in [0.05, 0.1) is 22.0 Å². The van der Waals surface area contributed by atoms with E-state index in [2.05, 4.69) is 5.32 Å². The molecule has 11 heteroatoms. The van der Waals surface area contributed by atoms with E-state index in [0.29, 0.717) is 30.1 Å². The molecule has 1 amide bonds. The van der Waals surface area contributed by atoms with Crippen LogP contribution in [-0.2, 0) is 20.0 Å². The highest BCUT2D eigenvalue weighted by molar-refractivity contribution is 7.92. The van der Waals surface area contributed by atoms with Crippen LogP contribution in [0, 0.1) is 6.92 Å². The second-order valence-corrected chi connectivity index (χ2v) is 13.3. The lowest BCUT2D eigenvalue weighted by atomic mass is 10.2. The van der Waals surface area contributed by atoms with Crippen LogP contribution >= 0.6 is 0 Å². The van der Waals surface area contributed by atoms with Crippen LogP contribution in [0.1, 0.15) is 35.2 Å². The molecule has 1 saturated heterocycles. The third kappa shape index (κ3) is 6.78. The van der Waals surface area contributed by atoms with Crippen molar-refractivity contribution in [3.63, 3.8) is 0 Å². The second kappa shape index (κ2) is 12.2. The third-order valence-corrected chi connectivity index (χ3v) is 10.3. The van der Waals surface area contributed by atoms with Gasteiger partial charge in [0.2, 0.25) is 10.0 Å². The summed E-state index contributed by atoms with van der Waals surface area (Å²) in [5.74, 6) is 0.182. The smallest absolute Gasteiger partial charge is 0.264 e. The molecular weight excluding hydrogens is 538 g/mol. The van der Waals surface area contributed by atoms with Crippen molar-refractivity contribution in [1.82, 2.24) is 9.62 Å². The van der Waals surface area contributed by atoms with Crippen LogP contribution in [0.4, 0.5) is 5.69 Å². The van der Waals surface area contributed by atoms with Gasteiger partial charge in [-0.1, -0.05) is 24.1 Å². The summed E-state index contributed by atoms with van der Waals surface area (Å²) in [6.45, 7) is 3.41. The number of nitrogens with one attached hydrogen (secondary N) is 1. The van der Waals surface area contributed by atoms with Gasteiger partial charge in [-0.2, -0.15) is 4.31 Å². The number of carbonyl (C=O) groups is 1. The maximum absolute atomic E-state index is 12.9. The zero-order valence-electron chi connectivity index (χ0n) is 22.0. The summed E-state index contributed by atoms with van der Waals surface area (Å²) in [7, 11) is -5.75. The Morgan fingerprint density at radius 1 is 0.846 bits per heavy atom. The molecule has 1 aliphatic rings. The SMILES string of the molecule is Cc1ccc(S(=O)(=O)N(C)c2ccc(C(=O)NCCOc3ccc(S(=O)(=O)N4CCCCC4)cc3)cc2)cc1. The van der Waals surface area contributed by atoms with E-state index in [1.165, 1.54) is 27.8 Å². The topological polar surface area (TPSA) is 113 Å². The molecule has 0 unspecified atom stereocenters. The van der Waals surface area contributed by atoms with Crippen molar-refractivity contribution in [2.75, 3.05) is 37.6 Å². The molecule has 0 spiro atoms. The van der Waals surface area contributed by atoms with Crippen LogP contribution in [0.2, 0.25) is 0 Å². The number of rotatable bonds is 10. The summed E-state index contributed by atoms with van der Waals surface area (Å²) >= 11 is 0. The summed E-state index contributed by atoms with van der Waals surface area (Å²) in [4.78, 5) is 13.0. The average molecular weight is 572 g/mol. The molecule has 3 aromatic carbocycles. The summed E-state index contributed by atoms with van der Waals surface area (Å²) in [6.07, 6.45) is 2.81. The number of aryl methyl sites for hydroxylation is 1. The van der Waals surface area contributed by atoms with Gasteiger partial charge in [-0.25, -0.2) is 16.8 Å². The van der Waals surface area contributed by atoms with Crippen molar-refractivity contribution >= 4 is 31.6 Å². The Labute approximate surface area is 230 Å². The van der Waals surface area contributed by atoms with Crippen LogP contribution in [-0.4, -0.2) is 60.3 Å². The van der Waals surface area contributed by atoms with Gasteiger partial charge >= 0.3 is 0 Å². The van der Waals surface area contributed by atoms with Crippen LogP contribution in [0.3, 0.4) is 0 Å². The number of hydrogen-bond acceptors (Lipinski definition) is 6. The first-order chi connectivity index (χ1) is 18.6. The van der Waals surface area contributed by atoms with Gasteiger partial charge in [0, 0.05) is 25.7 Å². The Kier molecular flexibility index (Phi) is 8.94. The number of hydrogen-bond donors (Lipinski definition) is 1. The number of sulfonamides is 2. The van der Waals surface area contributed by atoms with E-state index in [-0.39, 0.29) is 28.8 Å². The largest absolute Gasteiger partial charge is 0.492 e. The maximum atomic E-state index is 12.9. The van der Waals surface area contributed by atoms with Gasteiger partial charge in [0.1, 0.15) is 12.4 Å². The highest BCUT2D eigenvalue weighted by atomic mass is 32.2. The lowest BCUT2D eigenvalue weighted by molar-refractivity contribution is 0.0947. The number of nitrogens with zero attached hydrogens (tertiary/aromatic N) is 2. The molecule has 3 aromatic rings. The molecule has 1 N–H and O–H groups in total. The van der Waals surface area contributed by atoms with Gasteiger partial charge in [0.15, 0.2) is 0 Å². The number of carbonyl (C=O) groups excluding carboxylic acids is 1. The highest BCUT2D eigenvalue weighted by Crippen LogP contribution is 2.24. The number of amides is 1. The van der Waals surface area contributed by atoms with Crippen LogP contribution in [0.25, 0.3) is 0 Å². The molecule has 0 atom stereocenters. The van der Waals surface area contributed by atoms with Crippen molar-refractivity contribution in [2.45, 2.75) is 36.0 Å². The van der Waals surface area contributed by atoms with E-state index in [1.54, 1.807) is 60.7 Å². The van der Waals surface area contributed by atoms with E-state index in [0.717, 1.165) is 24.8 Å². The zero-order chi connectivity index (χ0) is 28.0. The lowest BCUT2D eigenvalue weighted by Gasteiger charge is -2.25. The van der Waals surface area contributed by atoms with Crippen molar-refractivity contribution in [3.05, 3.63) is 83.9 Å². The van der Waals surface area contributed by atoms with E-state index < -0.39 is 20.0 Å². The Morgan fingerprint density at radius 2 is 1.44 bits per heavy atom. The van der Waals surface area contributed by atoms with E-state index in [9.17, 15) is 21.6 Å². The molecule has 0 bridgehead atoms. The third-order valence-electron chi connectivity index (χ3n) is 6.61. The van der Waals surface area contributed by atoms with Gasteiger partial charge in [-0.15, -0.1) is 0 Å². The molecule has 0 saturated carbocycles. The highest BCUT2D eigenvalue weighted by Gasteiger charge is 2.26. The molecule has 0 radical (unpaired) electrons. The minimum atomic E-state index is -3.72. The molecule has 0 aliphatic carbocycles. The summed E-state index contributed by atoms with van der Waals surface area (Å²) in [5.41, 5.74) is 1.78. The normalized spacial score (nSPS) is 14.5. The molecule has 0 aromatic heterocycles. The minimum Gasteiger partial charge on any atom is -0.492 e. The zero-order valence-corrected chi connectivity index (χ0v) is 23.7. The number of ether oxygens (including phenoxy) is 1. The fraction of sp³-hybridized carbons (Fsp3) is 0.321. The Balaban J connectivity index is 1.27. The van der Waals surface area contributed by atoms with Crippen molar-refractivity contribution in [2.24, 2.45) is 0 Å². The van der Waals surface area contributed by atoms with Gasteiger partial charge in [-0.3, -0.25) is 9.10 Å². The van der Waals surface area contributed by atoms with Crippen LogP contribution in [0.5, 0.6) is 5.75 Å². The number of piperidine rings is 1. The summed E-state index contributed by atoms with van der Waals surface area (Å²) in [6, 6.07) is 19.2. The van der Waals surface area contributed by atoms with E-state index >= 15 is 0 Å². The number of benzene rings is 3. The monoisotopic (exact) mass is 571 g/mol. The molecule has 1 fully saturated rings. The fourth-order valence-corrected chi connectivity index (χ4v) is 6.94. The van der Waals surface area contributed by atoms with E-state index in [1.807, 2.05) is 6.92 Å². The Morgan fingerprint density at radius 3 is 2.05 bits per heavy atom. The Bertz CT molecular complexity index is 1480. The first kappa shape index (κ1) is 28.6. The van der Waals surface area contributed by atoms with Gasteiger partial charge < -0.3 is 10.1 Å². The average Bonchev–Trinajstić information content (AvgIpc) is 2.96. The summed E-state index contributed by atoms with van der Waals surface area (Å²) < 4.78 is 59.7. The fourth-order valence-electron chi connectivity index (χ4n) is 4.23. The molecule has 208 valence electrons. The molecule has 1 aliphatic heterocycles. The molecule has 9 nitrogen and oxygen atoms in total. The number of anilines is 1. The van der Waals surface area contributed by atoms with E-state index in [4.69, 9.17) is 4.74 Å². The molecule has 39 heavy (non-hydrogen) atoms. The van der Waals surface area contributed by atoms with Crippen LogP contribution < -0.4 is 14.4 Å².